The van der Waals surface area contributed by atoms with Crippen LogP contribution in [0.15, 0.2) is 54.9 Å². The molecule has 0 fully saturated rings. The Morgan fingerprint density at radius 3 is 2.15 bits per heavy atom. The molecule has 0 aliphatic heterocycles. The number of nitrogens with two attached hydrogens (primary N) is 1. The zero-order chi connectivity index (χ0) is 19.3. The van der Waals surface area contributed by atoms with Gasteiger partial charge < -0.3 is 20.6 Å². The minimum absolute atomic E-state index is 0.0970. The number of carboxylic acids is 1. The predicted molar refractivity (Wildman–Crippen MR) is 98.1 cm³/mol. The number of hydrogen-bond acceptors (Lipinski definition) is 5. The van der Waals surface area contributed by atoms with Gasteiger partial charge >= 0.3 is 0 Å². The smallest absolute Gasteiger partial charge is 0.295 e. The molecule has 7 nitrogen and oxygen atoms in total. The lowest BCUT2D eigenvalue weighted by Gasteiger charge is -2.02. The summed E-state index contributed by atoms with van der Waals surface area (Å²) in [5, 5.41) is 21.6. The number of H-pyrrole nitrogens is 1. The number of nitrogen functional groups attached to an aromatic ring is 1. The molecule has 3 rings (SSSR count). The first-order valence-corrected chi connectivity index (χ1v) is 7.89. The molecule has 2 aromatic carbocycles. The van der Waals surface area contributed by atoms with E-state index < -0.39 is 10.9 Å². The molecule has 3 N–H and O–H groups in total. The maximum Gasteiger partial charge on any atom is 0.295 e. The first kappa shape index (κ1) is 19.3. The Morgan fingerprint density at radius 1 is 1.00 bits per heavy atom. The molecule has 0 aliphatic rings. The lowest BCUT2D eigenvalue weighted by Crippen LogP contribution is -2.21. The summed E-state index contributed by atoms with van der Waals surface area (Å²) in [6, 6.07) is 10.6. The summed E-state index contributed by atoms with van der Waals surface area (Å²) >= 11 is 11.7. The van der Waals surface area contributed by atoms with E-state index in [4.69, 9.17) is 28.9 Å². The van der Waals surface area contributed by atoms with Crippen LogP contribution in [0.5, 0.6) is 0 Å². The van der Waals surface area contributed by atoms with Gasteiger partial charge in [-0.1, -0.05) is 41.4 Å². The highest BCUT2D eigenvalue weighted by Gasteiger charge is 2.21. The molecular weight excluding hydrogens is 381 g/mol. The van der Waals surface area contributed by atoms with Gasteiger partial charge in [0.2, 0.25) is 0 Å². The number of nitrogens with one attached hydrogen (secondary N) is 1. The van der Waals surface area contributed by atoms with Crippen molar-refractivity contribution in [2.45, 2.75) is 0 Å². The fourth-order valence-electron chi connectivity index (χ4n) is 2.09. The Balaban J connectivity index is 0.000000209. The van der Waals surface area contributed by atoms with Crippen LogP contribution in [0, 0.1) is 10.1 Å². The number of nitrogens with zero attached hydrogens (tertiary/aromatic N) is 1. The number of benzene rings is 2. The first-order chi connectivity index (χ1) is 12.3. The summed E-state index contributed by atoms with van der Waals surface area (Å²) in [4.78, 5) is 23.3. The average molecular weight is 393 g/mol. The molecule has 3 aromatic rings. The molecule has 1 aromatic heterocycles. The van der Waals surface area contributed by atoms with Crippen molar-refractivity contribution in [3.8, 4) is 11.1 Å². The van der Waals surface area contributed by atoms with Crippen molar-refractivity contribution in [3.05, 3.63) is 80.6 Å². The quantitative estimate of drug-likeness (QED) is 0.400. The Hall–Kier alpha value is -3.03. The van der Waals surface area contributed by atoms with E-state index in [0.29, 0.717) is 21.8 Å². The monoisotopic (exact) mass is 392 g/mol. The van der Waals surface area contributed by atoms with E-state index in [1.165, 1.54) is 30.3 Å². The molecule has 0 saturated heterocycles. The molecule has 0 radical (unpaired) electrons. The fourth-order valence-corrected chi connectivity index (χ4v) is 2.55. The third-order valence-electron chi connectivity index (χ3n) is 3.30. The van der Waals surface area contributed by atoms with Gasteiger partial charge in [-0.15, -0.1) is 0 Å². The number of rotatable bonds is 3. The standard InChI is InChI=1S/C10H6Cl2N2O2.C7H7NO2/c11-8-3-1-2-6(10(8)14(15)16)7-4-13-5-9(7)12;8-6-3-1-5(2-4-6)7(9)10/h1-5,13H;1-4H,8H2,(H,9,10)/p-1. The summed E-state index contributed by atoms with van der Waals surface area (Å²) in [5.74, 6) is -1.18. The number of halogens is 2. The van der Waals surface area contributed by atoms with E-state index in [-0.39, 0.29) is 16.3 Å². The molecule has 26 heavy (non-hydrogen) atoms. The van der Waals surface area contributed by atoms with Crippen LogP contribution in [-0.2, 0) is 0 Å². The highest BCUT2D eigenvalue weighted by Crippen LogP contribution is 2.38. The molecule has 1 heterocycles. The van der Waals surface area contributed by atoms with Gasteiger partial charge in [0.25, 0.3) is 5.69 Å². The van der Waals surface area contributed by atoms with Gasteiger partial charge in [0.05, 0.1) is 21.5 Å². The van der Waals surface area contributed by atoms with Crippen LogP contribution in [0.1, 0.15) is 10.4 Å². The number of anilines is 1. The summed E-state index contributed by atoms with van der Waals surface area (Å²) in [6.07, 6.45) is 3.16. The van der Waals surface area contributed by atoms with Crippen LogP contribution in [0.2, 0.25) is 10.0 Å². The lowest BCUT2D eigenvalue weighted by molar-refractivity contribution is -0.384. The van der Waals surface area contributed by atoms with Gasteiger partial charge in [-0.3, -0.25) is 10.1 Å². The van der Waals surface area contributed by atoms with Gasteiger partial charge in [-0.25, -0.2) is 0 Å². The molecule has 0 saturated carbocycles. The summed E-state index contributed by atoms with van der Waals surface area (Å²) < 4.78 is 0. The van der Waals surface area contributed by atoms with Crippen molar-refractivity contribution >= 4 is 40.5 Å². The Bertz CT molecular complexity index is 939. The number of aromatic nitrogens is 1. The van der Waals surface area contributed by atoms with E-state index in [1.54, 1.807) is 24.5 Å². The normalized spacial score (nSPS) is 9.92. The molecule has 0 atom stereocenters. The lowest BCUT2D eigenvalue weighted by atomic mass is 10.1. The molecule has 0 unspecified atom stereocenters. The molecule has 0 aliphatic carbocycles. The maximum absolute atomic E-state index is 10.9. The topological polar surface area (TPSA) is 125 Å². The van der Waals surface area contributed by atoms with Crippen molar-refractivity contribution < 1.29 is 14.8 Å². The average Bonchev–Trinajstić information content (AvgIpc) is 3.01. The minimum Gasteiger partial charge on any atom is -0.545 e. The number of carbonyl (C=O) groups is 1. The third kappa shape index (κ3) is 4.53. The van der Waals surface area contributed by atoms with Gasteiger partial charge in [0.15, 0.2) is 0 Å². The SMILES string of the molecule is Nc1ccc(C(=O)[O-])cc1.O=[N+]([O-])c1c(Cl)cccc1-c1c[nH]cc1Cl. The molecule has 9 heteroatoms. The summed E-state index contributed by atoms with van der Waals surface area (Å²) in [7, 11) is 0. The van der Waals surface area contributed by atoms with Gasteiger partial charge in [-0.2, -0.15) is 0 Å². The van der Waals surface area contributed by atoms with Crippen LogP contribution >= 0.6 is 23.2 Å². The predicted octanol–water partition coefficient (Wildman–Crippen LogP) is 3.53. The number of aromatic carboxylic acids is 1. The van der Waals surface area contributed by atoms with Crippen LogP contribution in [0.3, 0.4) is 0 Å². The van der Waals surface area contributed by atoms with Crippen LogP contribution in [-0.4, -0.2) is 15.9 Å². The number of nitro groups is 1. The zero-order valence-electron chi connectivity index (χ0n) is 13.1. The molecule has 0 spiro atoms. The molecule has 0 bridgehead atoms. The van der Waals surface area contributed by atoms with Crippen molar-refractivity contribution in [3.63, 3.8) is 0 Å². The number of carbonyl (C=O) groups excluding carboxylic acids is 1. The van der Waals surface area contributed by atoms with Gasteiger partial charge in [-0.05, 0) is 29.8 Å². The van der Waals surface area contributed by atoms with E-state index in [0.717, 1.165) is 0 Å². The Kier molecular flexibility index (Phi) is 6.21. The Labute approximate surface area is 158 Å². The third-order valence-corrected chi connectivity index (χ3v) is 3.92. The number of para-hydroxylation sites is 1. The van der Waals surface area contributed by atoms with Crippen LogP contribution in [0.25, 0.3) is 11.1 Å². The van der Waals surface area contributed by atoms with Crippen LogP contribution < -0.4 is 10.8 Å². The summed E-state index contributed by atoms with van der Waals surface area (Å²) in [5.41, 5.74) is 6.85. The molecule has 134 valence electrons. The number of nitro benzene ring substituents is 1. The maximum atomic E-state index is 10.9. The zero-order valence-corrected chi connectivity index (χ0v) is 14.6. The van der Waals surface area contributed by atoms with E-state index in [2.05, 4.69) is 4.98 Å². The number of carboxylic acid groups (broad SMARTS) is 1. The minimum atomic E-state index is -1.18. The fraction of sp³-hybridized carbons (Fsp3) is 0. The second-order valence-electron chi connectivity index (χ2n) is 5.02. The highest BCUT2D eigenvalue weighted by molar-refractivity contribution is 6.35. The van der Waals surface area contributed by atoms with Crippen LogP contribution in [0.4, 0.5) is 11.4 Å². The first-order valence-electron chi connectivity index (χ1n) is 7.13. The summed E-state index contributed by atoms with van der Waals surface area (Å²) in [6.45, 7) is 0. The van der Waals surface area contributed by atoms with E-state index in [9.17, 15) is 20.0 Å². The second-order valence-corrected chi connectivity index (χ2v) is 5.83. The van der Waals surface area contributed by atoms with E-state index >= 15 is 0 Å². The second kappa shape index (κ2) is 8.37. The Morgan fingerprint density at radius 2 is 1.65 bits per heavy atom. The molecule has 0 amide bonds. The van der Waals surface area contributed by atoms with Gasteiger partial charge in [0, 0.05) is 23.6 Å². The highest BCUT2D eigenvalue weighted by atomic mass is 35.5. The largest absolute Gasteiger partial charge is 0.545 e. The van der Waals surface area contributed by atoms with Crippen molar-refractivity contribution in [2.75, 3.05) is 5.73 Å². The van der Waals surface area contributed by atoms with Gasteiger partial charge in [0.1, 0.15) is 5.02 Å². The number of hydrogen-bond donors (Lipinski definition) is 2. The van der Waals surface area contributed by atoms with E-state index in [1.807, 2.05) is 0 Å². The number of aromatic amines is 1. The van der Waals surface area contributed by atoms with Crippen molar-refractivity contribution in [1.82, 2.24) is 4.98 Å². The molecular formula is C17H12Cl2N3O4-. The van der Waals surface area contributed by atoms with Crippen molar-refractivity contribution in [1.29, 1.82) is 0 Å². The van der Waals surface area contributed by atoms with Crippen molar-refractivity contribution in [2.24, 2.45) is 0 Å².